The first kappa shape index (κ1) is 29.3. The summed E-state index contributed by atoms with van der Waals surface area (Å²) in [5, 5.41) is 18.0. The molecule has 2 atom stereocenters. The predicted molar refractivity (Wildman–Crippen MR) is 159 cm³/mol. The lowest BCUT2D eigenvalue weighted by molar-refractivity contribution is -0.141. The van der Waals surface area contributed by atoms with Crippen molar-refractivity contribution in [1.29, 1.82) is 0 Å². The van der Waals surface area contributed by atoms with Crippen LogP contribution < -0.4 is 10.6 Å². The minimum absolute atomic E-state index is 0.00462. The average molecular weight is 564 g/mol. The number of hydrogen-bond donors (Lipinski definition) is 3. The summed E-state index contributed by atoms with van der Waals surface area (Å²) < 4.78 is 5.44. The van der Waals surface area contributed by atoms with Gasteiger partial charge in [0.05, 0.1) is 0 Å². The first-order valence-corrected chi connectivity index (χ1v) is 14.8. The molecular weight excluding hydrogens is 526 g/mol. The number of phenolic OH excluding ortho intramolecular Hbond substituents is 1. The Morgan fingerprint density at radius 3 is 2.40 bits per heavy atom. The molecule has 3 aromatic carbocycles. The second kappa shape index (κ2) is 12.6. The van der Waals surface area contributed by atoms with Gasteiger partial charge in [-0.15, -0.1) is 0 Å². The molecule has 212 valence electrons. The standard InChI is InChI=1S/C31H37N3O5S/c1-31(2,3)39-30(38)33-26(16-17-40-4)29(37)34(24-14-15-24)27(22-10-7-11-25(35)19-22)28(36)32-23-13-12-20-8-5-6-9-21(20)18-23/h5-13,18-19,24,26-27,35H,14-17H2,1-4H3,(H,32,36)(H,33,38). The third-order valence-corrected chi connectivity index (χ3v) is 7.17. The van der Waals surface area contributed by atoms with Crippen LogP contribution in [0.25, 0.3) is 10.8 Å². The summed E-state index contributed by atoms with van der Waals surface area (Å²) in [4.78, 5) is 42.4. The molecule has 0 saturated heterocycles. The molecule has 9 heteroatoms. The normalized spacial score (nSPS) is 14.7. The minimum Gasteiger partial charge on any atom is -0.508 e. The van der Waals surface area contributed by atoms with Crippen LogP contribution in [0.15, 0.2) is 66.7 Å². The SMILES string of the molecule is CSCCC(NC(=O)OC(C)(C)C)C(=O)N(C1CC1)C(C(=O)Nc1ccc2ccccc2c1)c1cccc(O)c1. The maximum absolute atomic E-state index is 14.2. The van der Waals surface area contributed by atoms with Crippen LogP contribution in [-0.4, -0.2) is 57.6 Å². The van der Waals surface area contributed by atoms with Gasteiger partial charge in [-0.1, -0.05) is 42.5 Å². The van der Waals surface area contributed by atoms with E-state index in [1.54, 1.807) is 49.6 Å². The number of nitrogens with zero attached hydrogens (tertiary/aromatic N) is 1. The van der Waals surface area contributed by atoms with Crippen LogP contribution in [0.2, 0.25) is 0 Å². The molecule has 0 bridgehead atoms. The fourth-order valence-electron chi connectivity index (χ4n) is 4.60. The van der Waals surface area contributed by atoms with Crippen molar-refractivity contribution < 1.29 is 24.2 Å². The number of anilines is 1. The van der Waals surface area contributed by atoms with Gasteiger partial charge in [-0.3, -0.25) is 9.59 Å². The van der Waals surface area contributed by atoms with Crippen molar-refractivity contribution in [3.8, 4) is 5.75 Å². The monoisotopic (exact) mass is 563 g/mol. The molecule has 1 aliphatic rings. The highest BCUT2D eigenvalue weighted by molar-refractivity contribution is 7.98. The number of carbonyl (C=O) groups is 3. The molecule has 0 aromatic heterocycles. The molecule has 1 fully saturated rings. The number of benzene rings is 3. The molecule has 8 nitrogen and oxygen atoms in total. The van der Waals surface area contributed by atoms with Gasteiger partial charge in [-0.25, -0.2) is 4.79 Å². The molecule has 3 amide bonds. The largest absolute Gasteiger partial charge is 0.508 e. The number of aromatic hydroxyl groups is 1. The van der Waals surface area contributed by atoms with Crippen molar-refractivity contribution >= 4 is 46.1 Å². The molecule has 1 aliphatic carbocycles. The van der Waals surface area contributed by atoms with Crippen LogP contribution >= 0.6 is 11.8 Å². The van der Waals surface area contributed by atoms with Crippen LogP contribution in [0.3, 0.4) is 0 Å². The summed E-state index contributed by atoms with van der Waals surface area (Å²) in [6.45, 7) is 5.28. The smallest absolute Gasteiger partial charge is 0.408 e. The number of fused-ring (bicyclic) bond motifs is 1. The van der Waals surface area contributed by atoms with E-state index in [0.29, 0.717) is 23.4 Å². The number of rotatable bonds is 10. The first-order chi connectivity index (χ1) is 19.1. The molecule has 2 unspecified atom stereocenters. The van der Waals surface area contributed by atoms with Crippen molar-refractivity contribution in [2.24, 2.45) is 0 Å². The van der Waals surface area contributed by atoms with Gasteiger partial charge in [0.25, 0.3) is 5.91 Å². The van der Waals surface area contributed by atoms with E-state index < -0.39 is 29.7 Å². The van der Waals surface area contributed by atoms with Gasteiger partial charge in [-0.2, -0.15) is 11.8 Å². The Hall–Kier alpha value is -3.72. The van der Waals surface area contributed by atoms with Crippen LogP contribution in [0.1, 0.15) is 51.6 Å². The zero-order chi connectivity index (χ0) is 28.9. The molecule has 3 aromatic rings. The van der Waals surface area contributed by atoms with E-state index in [1.165, 1.54) is 12.1 Å². The number of hydrogen-bond acceptors (Lipinski definition) is 6. The van der Waals surface area contributed by atoms with E-state index >= 15 is 0 Å². The van der Waals surface area contributed by atoms with Crippen molar-refractivity contribution in [3.05, 3.63) is 72.3 Å². The summed E-state index contributed by atoms with van der Waals surface area (Å²) >= 11 is 1.56. The van der Waals surface area contributed by atoms with Gasteiger partial charge >= 0.3 is 6.09 Å². The molecule has 0 spiro atoms. The number of nitrogens with one attached hydrogen (secondary N) is 2. The highest BCUT2D eigenvalue weighted by Gasteiger charge is 2.44. The maximum Gasteiger partial charge on any atom is 0.408 e. The third kappa shape index (κ3) is 7.69. The lowest BCUT2D eigenvalue weighted by Crippen LogP contribution is -2.53. The zero-order valence-corrected chi connectivity index (χ0v) is 24.2. The molecule has 40 heavy (non-hydrogen) atoms. The summed E-state index contributed by atoms with van der Waals surface area (Å²) in [5.74, 6) is -0.133. The van der Waals surface area contributed by atoms with Crippen molar-refractivity contribution in [1.82, 2.24) is 10.2 Å². The van der Waals surface area contributed by atoms with E-state index in [-0.39, 0.29) is 17.7 Å². The Bertz CT molecular complexity index is 1370. The molecule has 0 heterocycles. The molecule has 4 rings (SSSR count). The Morgan fingerprint density at radius 2 is 1.75 bits per heavy atom. The van der Waals surface area contributed by atoms with Crippen molar-refractivity contribution in [2.75, 3.05) is 17.3 Å². The number of amides is 3. The topological polar surface area (TPSA) is 108 Å². The number of phenols is 1. The summed E-state index contributed by atoms with van der Waals surface area (Å²) in [5.41, 5.74) is 0.360. The van der Waals surface area contributed by atoms with Crippen molar-refractivity contribution in [3.63, 3.8) is 0 Å². The second-order valence-corrected chi connectivity index (χ2v) is 12.0. The van der Waals surface area contributed by atoms with E-state index in [9.17, 15) is 19.5 Å². The zero-order valence-electron chi connectivity index (χ0n) is 23.3. The summed E-state index contributed by atoms with van der Waals surface area (Å²) in [7, 11) is 0. The van der Waals surface area contributed by atoms with Gasteiger partial charge < -0.3 is 25.4 Å². The lowest BCUT2D eigenvalue weighted by Gasteiger charge is -2.34. The average Bonchev–Trinajstić information content (AvgIpc) is 3.73. The van der Waals surface area contributed by atoms with Gasteiger partial charge in [0.1, 0.15) is 23.4 Å². The fourth-order valence-corrected chi connectivity index (χ4v) is 5.08. The molecular formula is C31H37N3O5S. The van der Waals surface area contributed by atoms with Crippen molar-refractivity contribution in [2.45, 2.75) is 63.8 Å². The molecule has 1 saturated carbocycles. The van der Waals surface area contributed by atoms with E-state index in [0.717, 1.165) is 23.6 Å². The van der Waals surface area contributed by atoms with Gasteiger partial charge in [-0.05, 0) is 92.6 Å². The van der Waals surface area contributed by atoms with Crippen LogP contribution in [0, 0.1) is 0 Å². The molecule has 0 aliphatic heterocycles. The molecule has 3 N–H and O–H groups in total. The fraction of sp³-hybridized carbons (Fsp3) is 0.387. The summed E-state index contributed by atoms with van der Waals surface area (Å²) in [6, 6.07) is 17.9. The Morgan fingerprint density at radius 1 is 1.02 bits per heavy atom. The first-order valence-electron chi connectivity index (χ1n) is 13.4. The maximum atomic E-state index is 14.2. The van der Waals surface area contributed by atoms with E-state index in [2.05, 4.69) is 10.6 Å². The number of thioether (sulfide) groups is 1. The van der Waals surface area contributed by atoms with Gasteiger partial charge in [0.15, 0.2) is 0 Å². The van der Waals surface area contributed by atoms with Crippen LogP contribution in [0.4, 0.5) is 10.5 Å². The third-order valence-electron chi connectivity index (χ3n) is 6.52. The number of alkyl carbamates (subject to hydrolysis) is 1. The number of carbonyl (C=O) groups excluding carboxylic acids is 3. The van der Waals surface area contributed by atoms with E-state index in [4.69, 9.17) is 4.74 Å². The van der Waals surface area contributed by atoms with Crippen LogP contribution in [0.5, 0.6) is 5.75 Å². The Labute approximate surface area is 239 Å². The Kier molecular flexibility index (Phi) is 9.25. The highest BCUT2D eigenvalue weighted by atomic mass is 32.2. The minimum atomic E-state index is -1.02. The second-order valence-electron chi connectivity index (χ2n) is 11.0. The molecule has 0 radical (unpaired) electrons. The number of ether oxygens (including phenoxy) is 1. The summed E-state index contributed by atoms with van der Waals surface area (Å²) in [6.07, 6.45) is 3.11. The van der Waals surface area contributed by atoms with E-state index in [1.807, 2.05) is 48.7 Å². The van der Waals surface area contributed by atoms with Gasteiger partial charge in [0, 0.05) is 11.7 Å². The highest BCUT2D eigenvalue weighted by Crippen LogP contribution is 2.37. The van der Waals surface area contributed by atoms with Crippen LogP contribution in [-0.2, 0) is 14.3 Å². The predicted octanol–water partition coefficient (Wildman–Crippen LogP) is 5.86. The lowest BCUT2D eigenvalue weighted by atomic mass is 10.0. The van der Waals surface area contributed by atoms with Gasteiger partial charge in [0.2, 0.25) is 5.91 Å². The quantitative estimate of drug-likeness (QED) is 0.285. The Balaban J connectivity index is 1.68.